The Morgan fingerprint density at radius 2 is 2.15 bits per heavy atom. The predicted molar refractivity (Wildman–Crippen MR) is 101 cm³/mol. The van der Waals surface area contributed by atoms with Crippen LogP contribution in [0.15, 0.2) is 41.9 Å². The van der Waals surface area contributed by atoms with E-state index in [1.807, 2.05) is 35.7 Å². The largest absolute Gasteiger partial charge is 0.481 e. The van der Waals surface area contributed by atoms with Crippen LogP contribution in [0.4, 0.5) is 5.13 Å². The van der Waals surface area contributed by atoms with Crippen LogP contribution in [0.1, 0.15) is 31.2 Å². The number of rotatable bonds is 8. The van der Waals surface area contributed by atoms with E-state index in [-0.39, 0.29) is 24.4 Å². The number of benzene rings is 1. The third-order valence-electron chi connectivity index (χ3n) is 4.60. The van der Waals surface area contributed by atoms with Gasteiger partial charge >= 0.3 is 5.97 Å². The second kappa shape index (κ2) is 8.80. The molecule has 1 aliphatic heterocycles. The summed E-state index contributed by atoms with van der Waals surface area (Å²) in [6.45, 7) is 0.823. The summed E-state index contributed by atoms with van der Waals surface area (Å²) in [6, 6.07) is 9.41. The summed E-state index contributed by atoms with van der Waals surface area (Å²) in [5, 5.41) is 14.9. The molecule has 1 amide bonds. The zero-order chi connectivity index (χ0) is 18.4. The number of carboxylic acids is 1. The lowest BCUT2D eigenvalue weighted by Crippen LogP contribution is -2.47. The minimum Gasteiger partial charge on any atom is -0.481 e. The van der Waals surface area contributed by atoms with Crippen LogP contribution < -0.4 is 10.2 Å². The Morgan fingerprint density at radius 1 is 1.35 bits per heavy atom. The summed E-state index contributed by atoms with van der Waals surface area (Å²) >= 11 is 1.53. The van der Waals surface area contributed by atoms with E-state index in [1.165, 1.54) is 11.3 Å². The molecule has 0 bridgehead atoms. The molecule has 1 aromatic carbocycles. The van der Waals surface area contributed by atoms with Crippen molar-refractivity contribution in [2.75, 3.05) is 11.4 Å². The number of nitrogens with one attached hydrogen (secondary N) is 1. The van der Waals surface area contributed by atoms with Crippen LogP contribution in [0.2, 0.25) is 0 Å². The molecule has 0 aliphatic carbocycles. The van der Waals surface area contributed by atoms with Gasteiger partial charge in [0.1, 0.15) is 6.04 Å². The molecule has 1 fully saturated rings. The van der Waals surface area contributed by atoms with Crippen LogP contribution in [0.3, 0.4) is 0 Å². The van der Waals surface area contributed by atoms with Gasteiger partial charge in [0.2, 0.25) is 5.91 Å². The molecular weight excluding hydrogens is 350 g/mol. The summed E-state index contributed by atoms with van der Waals surface area (Å²) in [6.07, 6.45) is 4.58. The van der Waals surface area contributed by atoms with Gasteiger partial charge in [-0.3, -0.25) is 9.59 Å². The smallest absolute Gasteiger partial charge is 0.303 e. The average Bonchev–Trinajstić information content (AvgIpc) is 3.31. The highest BCUT2D eigenvalue weighted by molar-refractivity contribution is 7.13. The van der Waals surface area contributed by atoms with E-state index in [0.717, 1.165) is 30.1 Å². The van der Waals surface area contributed by atoms with Crippen molar-refractivity contribution in [3.8, 4) is 0 Å². The minimum atomic E-state index is -0.845. The van der Waals surface area contributed by atoms with Gasteiger partial charge in [-0.05, 0) is 31.2 Å². The van der Waals surface area contributed by atoms with E-state index in [1.54, 1.807) is 6.20 Å². The third-order valence-corrected chi connectivity index (χ3v) is 5.41. The molecule has 1 aliphatic rings. The SMILES string of the molecule is O=C(O)CCC(Cc1ccccc1)NC(=O)C1CCCN1c1nccs1. The van der Waals surface area contributed by atoms with Crippen LogP contribution in [-0.4, -0.2) is 40.6 Å². The van der Waals surface area contributed by atoms with Crippen molar-refractivity contribution < 1.29 is 14.7 Å². The van der Waals surface area contributed by atoms with Crippen LogP contribution >= 0.6 is 11.3 Å². The summed E-state index contributed by atoms with van der Waals surface area (Å²) in [5.41, 5.74) is 1.09. The molecule has 2 heterocycles. The molecule has 26 heavy (non-hydrogen) atoms. The Bertz CT molecular complexity index is 721. The van der Waals surface area contributed by atoms with Crippen molar-refractivity contribution in [3.63, 3.8) is 0 Å². The number of aromatic nitrogens is 1. The second-order valence-corrected chi connectivity index (χ2v) is 7.37. The van der Waals surface area contributed by atoms with Gasteiger partial charge in [0.15, 0.2) is 5.13 Å². The highest BCUT2D eigenvalue weighted by Crippen LogP contribution is 2.27. The van der Waals surface area contributed by atoms with Gasteiger partial charge in [0.25, 0.3) is 0 Å². The number of amides is 1. The predicted octanol–water partition coefficient (Wildman–Crippen LogP) is 2.70. The van der Waals surface area contributed by atoms with E-state index in [9.17, 15) is 9.59 Å². The lowest BCUT2D eigenvalue weighted by atomic mass is 10.0. The fourth-order valence-electron chi connectivity index (χ4n) is 3.34. The molecule has 0 radical (unpaired) electrons. The summed E-state index contributed by atoms with van der Waals surface area (Å²) in [4.78, 5) is 30.2. The number of aliphatic carboxylic acids is 1. The Morgan fingerprint density at radius 3 is 2.85 bits per heavy atom. The van der Waals surface area contributed by atoms with E-state index in [2.05, 4.69) is 15.2 Å². The number of hydrogen-bond acceptors (Lipinski definition) is 5. The Kier molecular flexibility index (Phi) is 6.22. The number of carbonyl (C=O) groups excluding carboxylic acids is 1. The highest BCUT2D eigenvalue weighted by atomic mass is 32.1. The molecule has 3 rings (SSSR count). The highest BCUT2D eigenvalue weighted by Gasteiger charge is 2.33. The van der Waals surface area contributed by atoms with Gasteiger partial charge in [0, 0.05) is 30.6 Å². The van der Waals surface area contributed by atoms with Crippen molar-refractivity contribution in [3.05, 3.63) is 47.5 Å². The molecule has 0 spiro atoms. The molecule has 6 nitrogen and oxygen atoms in total. The first-order chi connectivity index (χ1) is 12.6. The van der Waals surface area contributed by atoms with Gasteiger partial charge in [-0.15, -0.1) is 11.3 Å². The summed E-state index contributed by atoms with van der Waals surface area (Å²) in [7, 11) is 0. The van der Waals surface area contributed by atoms with Crippen LogP contribution in [0.5, 0.6) is 0 Å². The van der Waals surface area contributed by atoms with Crippen LogP contribution in [-0.2, 0) is 16.0 Å². The monoisotopic (exact) mass is 373 g/mol. The Balaban J connectivity index is 1.66. The van der Waals surface area contributed by atoms with E-state index in [0.29, 0.717) is 12.8 Å². The maximum Gasteiger partial charge on any atom is 0.303 e. The number of carboxylic acid groups (broad SMARTS) is 1. The molecule has 2 atom stereocenters. The first-order valence-electron chi connectivity index (χ1n) is 8.85. The zero-order valence-electron chi connectivity index (χ0n) is 14.5. The van der Waals surface area contributed by atoms with Gasteiger partial charge in [0.05, 0.1) is 0 Å². The van der Waals surface area contributed by atoms with E-state index in [4.69, 9.17) is 5.11 Å². The van der Waals surface area contributed by atoms with Gasteiger partial charge in [-0.25, -0.2) is 4.98 Å². The molecular formula is C19H23N3O3S. The number of carbonyl (C=O) groups is 2. The molecule has 1 aromatic heterocycles. The number of thiazole rings is 1. The van der Waals surface area contributed by atoms with Crippen molar-refractivity contribution >= 4 is 28.3 Å². The molecule has 0 saturated carbocycles. The maximum atomic E-state index is 12.9. The third kappa shape index (κ3) is 4.82. The van der Waals surface area contributed by atoms with Crippen LogP contribution in [0, 0.1) is 0 Å². The van der Waals surface area contributed by atoms with Crippen molar-refractivity contribution in [1.29, 1.82) is 0 Å². The lowest BCUT2D eigenvalue weighted by Gasteiger charge is -2.26. The average molecular weight is 373 g/mol. The first-order valence-corrected chi connectivity index (χ1v) is 9.73. The van der Waals surface area contributed by atoms with Crippen molar-refractivity contribution in [2.24, 2.45) is 0 Å². The quantitative estimate of drug-likeness (QED) is 0.743. The molecule has 2 N–H and O–H groups in total. The summed E-state index contributed by atoms with van der Waals surface area (Å²) in [5.74, 6) is -0.883. The fraction of sp³-hybridized carbons (Fsp3) is 0.421. The van der Waals surface area contributed by atoms with Gasteiger partial charge < -0.3 is 15.3 Å². The number of nitrogens with zero attached hydrogens (tertiary/aromatic N) is 2. The van der Waals surface area contributed by atoms with Gasteiger partial charge in [-0.2, -0.15) is 0 Å². The molecule has 1 saturated heterocycles. The molecule has 2 aromatic rings. The maximum absolute atomic E-state index is 12.9. The van der Waals surface area contributed by atoms with Crippen molar-refractivity contribution in [1.82, 2.24) is 10.3 Å². The minimum absolute atomic E-state index is 0.0379. The zero-order valence-corrected chi connectivity index (χ0v) is 15.3. The molecule has 2 unspecified atom stereocenters. The van der Waals surface area contributed by atoms with Crippen LogP contribution in [0.25, 0.3) is 0 Å². The Labute approximate surface area is 156 Å². The van der Waals surface area contributed by atoms with E-state index >= 15 is 0 Å². The first kappa shape index (κ1) is 18.4. The number of hydrogen-bond donors (Lipinski definition) is 2. The van der Waals surface area contributed by atoms with Gasteiger partial charge in [-0.1, -0.05) is 30.3 Å². The normalized spacial score (nSPS) is 17.8. The summed E-state index contributed by atoms with van der Waals surface area (Å²) < 4.78 is 0. The standard InChI is InChI=1S/C19H23N3O3S/c23-17(24)9-8-15(13-14-5-2-1-3-6-14)21-18(25)16-7-4-11-22(16)19-20-10-12-26-19/h1-3,5-6,10,12,15-16H,4,7-9,11,13H2,(H,21,25)(H,23,24). The second-order valence-electron chi connectivity index (χ2n) is 6.49. The van der Waals surface area contributed by atoms with Crippen molar-refractivity contribution in [2.45, 2.75) is 44.2 Å². The van der Waals surface area contributed by atoms with E-state index < -0.39 is 5.97 Å². The number of anilines is 1. The molecule has 7 heteroatoms. The topological polar surface area (TPSA) is 82.5 Å². The Hall–Kier alpha value is -2.41. The fourth-order valence-corrected chi connectivity index (χ4v) is 4.06. The molecule has 138 valence electrons. The lowest BCUT2D eigenvalue weighted by molar-refractivity contribution is -0.137.